The van der Waals surface area contributed by atoms with Gasteiger partial charge in [0.2, 0.25) is 5.91 Å². The molecule has 2 aliphatic rings. The van der Waals surface area contributed by atoms with Gasteiger partial charge in [0.25, 0.3) is 0 Å². The second-order valence-corrected chi connectivity index (χ2v) is 5.33. The van der Waals surface area contributed by atoms with E-state index in [0.717, 1.165) is 52.0 Å². The van der Waals surface area contributed by atoms with E-state index >= 15 is 0 Å². The van der Waals surface area contributed by atoms with Gasteiger partial charge in [-0.05, 0) is 44.7 Å². The standard InChI is InChI=1S/C13H24N2O2/c1-10-9-17-8-5-12(10)13(16)15-11-3-2-6-14-7-4-11/h10-12,14H,2-9H2,1H3,(H,15,16). The van der Waals surface area contributed by atoms with E-state index in [-0.39, 0.29) is 11.8 Å². The predicted octanol–water partition coefficient (Wildman–Crippen LogP) is 0.917. The SMILES string of the molecule is CC1COCCC1C(=O)NC1CCCNCC1. The molecule has 2 heterocycles. The molecule has 1 amide bonds. The van der Waals surface area contributed by atoms with E-state index in [0.29, 0.717) is 12.0 Å². The molecule has 0 spiro atoms. The normalized spacial score (nSPS) is 35.0. The van der Waals surface area contributed by atoms with E-state index < -0.39 is 0 Å². The topological polar surface area (TPSA) is 50.4 Å². The van der Waals surface area contributed by atoms with Gasteiger partial charge in [0.15, 0.2) is 0 Å². The van der Waals surface area contributed by atoms with Gasteiger partial charge in [0, 0.05) is 25.2 Å². The number of rotatable bonds is 2. The Morgan fingerprint density at radius 2 is 2.18 bits per heavy atom. The Labute approximate surface area is 103 Å². The highest BCUT2D eigenvalue weighted by Crippen LogP contribution is 2.22. The van der Waals surface area contributed by atoms with Gasteiger partial charge in [-0.1, -0.05) is 6.92 Å². The molecule has 4 heteroatoms. The quantitative estimate of drug-likeness (QED) is 0.754. The molecule has 2 N–H and O–H groups in total. The third kappa shape index (κ3) is 3.68. The van der Waals surface area contributed by atoms with Crippen LogP contribution in [0.2, 0.25) is 0 Å². The van der Waals surface area contributed by atoms with E-state index in [2.05, 4.69) is 17.6 Å². The Bertz CT molecular complexity index is 250. The van der Waals surface area contributed by atoms with Gasteiger partial charge in [-0.15, -0.1) is 0 Å². The molecule has 98 valence electrons. The summed E-state index contributed by atoms with van der Waals surface area (Å²) in [6, 6.07) is 0.368. The van der Waals surface area contributed by atoms with Gasteiger partial charge < -0.3 is 15.4 Å². The van der Waals surface area contributed by atoms with Crippen molar-refractivity contribution in [3.63, 3.8) is 0 Å². The number of carbonyl (C=O) groups is 1. The molecule has 0 aromatic heterocycles. The first-order valence-electron chi connectivity index (χ1n) is 6.86. The maximum Gasteiger partial charge on any atom is 0.223 e. The monoisotopic (exact) mass is 240 g/mol. The summed E-state index contributed by atoms with van der Waals surface area (Å²) < 4.78 is 5.38. The first kappa shape index (κ1) is 12.8. The van der Waals surface area contributed by atoms with Gasteiger partial charge in [-0.25, -0.2) is 0 Å². The zero-order valence-corrected chi connectivity index (χ0v) is 10.7. The largest absolute Gasteiger partial charge is 0.381 e. The zero-order valence-electron chi connectivity index (χ0n) is 10.7. The lowest BCUT2D eigenvalue weighted by molar-refractivity contribution is -0.131. The molecule has 2 rings (SSSR count). The fourth-order valence-electron chi connectivity index (χ4n) is 2.74. The van der Waals surface area contributed by atoms with Crippen LogP contribution in [-0.4, -0.2) is 38.3 Å². The summed E-state index contributed by atoms with van der Waals surface area (Å²) in [4.78, 5) is 12.2. The Hall–Kier alpha value is -0.610. The first-order valence-corrected chi connectivity index (χ1v) is 6.86. The lowest BCUT2D eigenvalue weighted by Gasteiger charge is -2.29. The minimum absolute atomic E-state index is 0.153. The zero-order chi connectivity index (χ0) is 12.1. The summed E-state index contributed by atoms with van der Waals surface area (Å²) in [5.41, 5.74) is 0. The third-order valence-corrected chi connectivity index (χ3v) is 3.90. The molecule has 3 unspecified atom stereocenters. The molecule has 2 fully saturated rings. The number of carbonyl (C=O) groups excluding carboxylic acids is 1. The highest BCUT2D eigenvalue weighted by atomic mass is 16.5. The first-order chi connectivity index (χ1) is 8.27. The van der Waals surface area contributed by atoms with Crippen molar-refractivity contribution in [3.8, 4) is 0 Å². The Kier molecular flexibility index (Phi) is 4.80. The summed E-state index contributed by atoms with van der Waals surface area (Å²) in [5, 5.41) is 6.59. The van der Waals surface area contributed by atoms with E-state index in [9.17, 15) is 4.79 Å². The van der Waals surface area contributed by atoms with Gasteiger partial charge in [0.05, 0.1) is 0 Å². The summed E-state index contributed by atoms with van der Waals surface area (Å²) in [7, 11) is 0. The van der Waals surface area contributed by atoms with Crippen LogP contribution < -0.4 is 10.6 Å². The van der Waals surface area contributed by atoms with Crippen LogP contribution in [-0.2, 0) is 9.53 Å². The number of hydrogen-bond donors (Lipinski definition) is 2. The maximum absolute atomic E-state index is 12.2. The van der Waals surface area contributed by atoms with Crippen molar-refractivity contribution in [1.29, 1.82) is 0 Å². The van der Waals surface area contributed by atoms with Crippen LogP contribution in [0.4, 0.5) is 0 Å². The molecular weight excluding hydrogens is 216 g/mol. The molecule has 2 aliphatic heterocycles. The molecule has 3 atom stereocenters. The number of nitrogens with one attached hydrogen (secondary N) is 2. The van der Waals surface area contributed by atoms with Gasteiger partial charge in [-0.2, -0.15) is 0 Å². The van der Waals surface area contributed by atoms with Crippen molar-refractivity contribution in [3.05, 3.63) is 0 Å². The van der Waals surface area contributed by atoms with Crippen LogP contribution in [0.25, 0.3) is 0 Å². The minimum Gasteiger partial charge on any atom is -0.381 e. The van der Waals surface area contributed by atoms with Crippen LogP contribution in [0, 0.1) is 11.8 Å². The minimum atomic E-state index is 0.153. The molecule has 0 aromatic rings. The van der Waals surface area contributed by atoms with Crippen molar-refractivity contribution in [2.45, 2.75) is 38.6 Å². The van der Waals surface area contributed by atoms with Gasteiger partial charge >= 0.3 is 0 Å². The third-order valence-electron chi connectivity index (χ3n) is 3.90. The molecule has 0 aliphatic carbocycles. The van der Waals surface area contributed by atoms with Gasteiger partial charge in [0.1, 0.15) is 0 Å². The van der Waals surface area contributed by atoms with Crippen LogP contribution in [0.15, 0.2) is 0 Å². The lowest BCUT2D eigenvalue weighted by atomic mass is 9.89. The second-order valence-electron chi connectivity index (χ2n) is 5.33. The number of ether oxygens (including phenoxy) is 1. The smallest absolute Gasteiger partial charge is 0.223 e. The molecule has 2 saturated heterocycles. The Balaban J connectivity index is 1.82. The van der Waals surface area contributed by atoms with Crippen molar-refractivity contribution < 1.29 is 9.53 Å². The molecule has 0 bridgehead atoms. The fourth-order valence-corrected chi connectivity index (χ4v) is 2.74. The van der Waals surface area contributed by atoms with Crippen molar-refractivity contribution in [1.82, 2.24) is 10.6 Å². The lowest BCUT2D eigenvalue weighted by Crippen LogP contribution is -2.43. The van der Waals surface area contributed by atoms with E-state index in [1.807, 2.05) is 0 Å². The summed E-state index contributed by atoms with van der Waals surface area (Å²) in [5.74, 6) is 0.750. The van der Waals surface area contributed by atoms with Crippen LogP contribution in [0.3, 0.4) is 0 Å². The average molecular weight is 240 g/mol. The van der Waals surface area contributed by atoms with Gasteiger partial charge in [-0.3, -0.25) is 4.79 Å². The van der Waals surface area contributed by atoms with Crippen molar-refractivity contribution >= 4 is 5.91 Å². The Morgan fingerprint density at radius 1 is 1.29 bits per heavy atom. The summed E-state index contributed by atoms with van der Waals surface area (Å²) in [6.07, 6.45) is 4.20. The van der Waals surface area contributed by atoms with Crippen LogP contribution >= 0.6 is 0 Å². The van der Waals surface area contributed by atoms with Crippen molar-refractivity contribution in [2.75, 3.05) is 26.3 Å². The average Bonchev–Trinajstić information content (AvgIpc) is 2.58. The molecular formula is C13H24N2O2. The summed E-state index contributed by atoms with van der Waals surface area (Å²) >= 11 is 0. The van der Waals surface area contributed by atoms with E-state index in [1.165, 1.54) is 0 Å². The van der Waals surface area contributed by atoms with E-state index in [1.54, 1.807) is 0 Å². The molecule has 0 radical (unpaired) electrons. The Morgan fingerprint density at radius 3 is 3.00 bits per heavy atom. The highest BCUT2D eigenvalue weighted by molar-refractivity contribution is 5.79. The molecule has 0 aromatic carbocycles. The molecule has 17 heavy (non-hydrogen) atoms. The predicted molar refractivity (Wildman–Crippen MR) is 66.7 cm³/mol. The van der Waals surface area contributed by atoms with Crippen LogP contribution in [0.5, 0.6) is 0 Å². The highest BCUT2D eigenvalue weighted by Gasteiger charge is 2.29. The van der Waals surface area contributed by atoms with Crippen molar-refractivity contribution in [2.24, 2.45) is 11.8 Å². The second kappa shape index (κ2) is 6.36. The fraction of sp³-hybridized carbons (Fsp3) is 0.923. The number of amides is 1. The maximum atomic E-state index is 12.2. The molecule has 4 nitrogen and oxygen atoms in total. The number of hydrogen-bond acceptors (Lipinski definition) is 3. The van der Waals surface area contributed by atoms with Crippen LogP contribution in [0.1, 0.15) is 32.6 Å². The molecule has 0 saturated carbocycles. The van der Waals surface area contributed by atoms with E-state index in [4.69, 9.17) is 4.74 Å². The summed E-state index contributed by atoms with van der Waals surface area (Å²) in [6.45, 7) is 5.67.